The number of methoxy groups -OCH3 is 1. The van der Waals surface area contributed by atoms with E-state index in [1.807, 2.05) is 7.05 Å². The van der Waals surface area contributed by atoms with Crippen LogP contribution in [0.15, 0.2) is 16.6 Å². The van der Waals surface area contributed by atoms with Gasteiger partial charge in [0.1, 0.15) is 11.6 Å². The van der Waals surface area contributed by atoms with Gasteiger partial charge in [-0.1, -0.05) is 6.07 Å². The molecule has 0 aliphatic heterocycles. The minimum atomic E-state index is -0.296. The summed E-state index contributed by atoms with van der Waals surface area (Å²) < 4.78 is 18.7. The largest absolute Gasteiger partial charge is 0.495 e. The van der Waals surface area contributed by atoms with E-state index in [4.69, 9.17) is 4.74 Å². The zero-order valence-electron chi connectivity index (χ0n) is 8.23. The molecule has 0 spiro atoms. The van der Waals surface area contributed by atoms with Crippen molar-refractivity contribution in [2.45, 2.75) is 6.42 Å². The van der Waals surface area contributed by atoms with Crippen molar-refractivity contribution in [1.82, 2.24) is 5.32 Å². The first-order valence-corrected chi connectivity index (χ1v) is 5.15. The van der Waals surface area contributed by atoms with E-state index in [2.05, 4.69) is 21.2 Å². The van der Waals surface area contributed by atoms with Crippen molar-refractivity contribution in [2.75, 3.05) is 20.7 Å². The Morgan fingerprint density at radius 3 is 2.79 bits per heavy atom. The smallest absolute Gasteiger partial charge is 0.141 e. The van der Waals surface area contributed by atoms with Crippen LogP contribution in [-0.4, -0.2) is 20.7 Å². The molecule has 0 aromatic heterocycles. The molecule has 0 radical (unpaired) electrons. The summed E-state index contributed by atoms with van der Waals surface area (Å²) in [6.07, 6.45) is 0.818. The Morgan fingerprint density at radius 2 is 2.21 bits per heavy atom. The number of halogens is 2. The summed E-state index contributed by atoms with van der Waals surface area (Å²) in [4.78, 5) is 0. The molecule has 0 amide bonds. The molecule has 2 nitrogen and oxygen atoms in total. The second-order valence-corrected chi connectivity index (χ2v) is 3.70. The third-order valence-electron chi connectivity index (χ3n) is 1.98. The zero-order chi connectivity index (χ0) is 10.6. The number of benzene rings is 1. The fourth-order valence-electron chi connectivity index (χ4n) is 1.25. The third-order valence-corrected chi connectivity index (χ3v) is 2.72. The lowest BCUT2D eigenvalue weighted by atomic mass is 10.1. The van der Waals surface area contributed by atoms with Gasteiger partial charge in [0.2, 0.25) is 0 Å². The highest BCUT2D eigenvalue weighted by Gasteiger charge is 2.11. The van der Waals surface area contributed by atoms with Gasteiger partial charge in [-0.2, -0.15) is 0 Å². The van der Waals surface area contributed by atoms with Crippen molar-refractivity contribution >= 4 is 15.9 Å². The lowest BCUT2D eigenvalue weighted by Gasteiger charge is -2.10. The molecule has 0 aliphatic rings. The molecule has 0 saturated carbocycles. The number of rotatable bonds is 4. The van der Waals surface area contributed by atoms with Gasteiger partial charge in [0, 0.05) is 0 Å². The summed E-state index contributed by atoms with van der Waals surface area (Å²) >= 11 is 3.16. The van der Waals surface area contributed by atoms with Gasteiger partial charge in [-0.05, 0) is 47.6 Å². The fourth-order valence-corrected chi connectivity index (χ4v) is 1.80. The first kappa shape index (κ1) is 11.5. The Balaban J connectivity index is 2.98. The Morgan fingerprint density at radius 1 is 1.50 bits per heavy atom. The van der Waals surface area contributed by atoms with Gasteiger partial charge in [-0.3, -0.25) is 0 Å². The van der Waals surface area contributed by atoms with Crippen LogP contribution in [0.25, 0.3) is 0 Å². The van der Waals surface area contributed by atoms with Crippen molar-refractivity contribution in [1.29, 1.82) is 0 Å². The number of hydrogen-bond donors (Lipinski definition) is 1. The van der Waals surface area contributed by atoms with E-state index in [-0.39, 0.29) is 5.82 Å². The normalized spacial score (nSPS) is 10.3. The summed E-state index contributed by atoms with van der Waals surface area (Å²) in [7, 11) is 3.42. The Labute approximate surface area is 91.6 Å². The number of hydrogen-bond acceptors (Lipinski definition) is 2. The van der Waals surface area contributed by atoms with Gasteiger partial charge < -0.3 is 10.1 Å². The maximum Gasteiger partial charge on any atom is 0.141 e. The maximum atomic E-state index is 13.1. The number of ether oxygens (including phenoxy) is 1. The van der Waals surface area contributed by atoms with Crippen LogP contribution in [-0.2, 0) is 6.42 Å². The van der Waals surface area contributed by atoms with E-state index < -0.39 is 0 Å². The molecular weight excluding hydrogens is 249 g/mol. The van der Waals surface area contributed by atoms with Gasteiger partial charge in [0.05, 0.1) is 11.6 Å². The molecule has 0 saturated heterocycles. The monoisotopic (exact) mass is 261 g/mol. The Hall–Kier alpha value is -0.610. The van der Waals surface area contributed by atoms with Gasteiger partial charge in [0.15, 0.2) is 0 Å². The highest BCUT2D eigenvalue weighted by Crippen LogP contribution is 2.31. The standard InChI is InChI=1S/C10H13BrFNO/c1-13-6-5-7-3-4-8(12)9(11)10(7)14-2/h3-4,13H,5-6H2,1-2H3. The fraction of sp³-hybridized carbons (Fsp3) is 0.400. The van der Waals surface area contributed by atoms with Gasteiger partial charge in [-0.25, -0.2) is 4.39 Å². The molecule has 0 unspecified atom stereocenters. The summed E-state index contributed by atoms with van der Waals surface area (Å²) in [6.45, 7) is 0.842. The Bertz CT molecular complexity index is 317. The van der Waals surface area contributed by atoms with Crippen LogP contribution in [0.3, 0.4) is 0 Å². The Kier molecular flexibility index (Phi) is 4.35. The molecule has 0 heterocycles. The van der Waals surface area contributed by atoms with Crippen LogP contribution in [0.2, 0.25) is 0 Å². The molecule has 78 valence electrons. The minimum Gasteiger partial charge on any atom is -0.495 e. The van der Waals surface area contributed by atoms with Crippen LogP contribution < -0.4 is 10.1 Å². The summed E-state index contributed by atoms with van der Waals surface area (Å²) in [6, 6.07) is 3.19. The number of nitrogens with one attached hydrogen (secondary N) is 1. The van der Waals surface area contributed by atoms with Crippen molar-refractivity contribution in [3.05, 3.63) is 28.0 Å². The average Bonchev–Trinajstić information content (AvgIpc) is 2.20. The van der Waals surface area contributed by atoms with E-state index >= 15 is 0 Å². The minimum absolute atomic E-state index is 0.296. The average molecular weight is 262 g/mol. The molecule has 4 heteroatoms. The summed E-state index contributed by atoms with van der Waals surface area (Å²) in [5.41, 5.74) is 0.995. The van der Waals surface area contributed by atoms with Crippen LogP contribution in [0.1, 0.15) is 5.56 Å². The maximum absolute atomic E-state index is 13.1. The van der Waals surface area contributed by atoms with E-state index in [1.165, 1.54) is 6.07 Å². The third kappa shape index (κ3) is 2.45. The van der Waals surface area contributed by atoms with Crippen molar-refractivity contribution in [2.24, 2.45) is 0 Å². The molecule has 1 aromatic carbocycles. The number of likely N-dealkylation sites (N-methyl/N-ethyl adjacent to an activating group) is 1. The predicted octanol–water partition coefficient (Wildman–Crippen LogP) is 2.36. The van der Waals surface area contributed by atoms with E-state index in [0.29, 0.717) is 10.2 Å². The molecule has 1 aromatic rings. The molecule has 0 aliphatic carbocycles. The molecule has 14 heavy (non-hydrogen) atoms. The van der Waals surface area contributed by atoms with Gasteiger partial charge in [0.25, 0.3) is 0 Å². The van der Waals surface area contributed by atoms with Crippen molar-refractivity contribution in [3.8, 4) is 5.75 Å². The van der Waals surface area contributed by atoms with E-state index in [9.17, 15) is 4.39 Å². The van der Waals surface area contributed by atoms with Crippen LogP contribution in [0.5, 0.6) is 5.75 Å². The van der Waals surface area contributed by atoms with E-state index in [1.54, 1.807) is 13.2 Å². The molecule has 0 bridgehead atoms. The second kappa shape index (κ2) is 5.32. The van der Waals surface area contributed by atoms with Crippen LogP contribution in [0, 0.1) is 5.82 Å². The molecule has 1 rings (SSSR count). The molecule has 0 fully saturated rings. The van der Waals surface area contributed by atoms with Crippen LogP contribution in [0.4, 0.5) is 4.39 Å². The highest BCUT2D eigenvalue weighted by atomic mass is 79.9. The van der Waals surface area contributed by atoms with Gasteiger partial charge in [-0.15, -0.1) is 0 Å². The van der Waals surface area contributed by atoms with E-state index in [0.717, 1.165) is 18.5 Å². The lowest BCUT2D eigenvalue weighted by molar-refractivity contribution is 0.402. The first-order chi connectivity index (χ1) is 6.70. The predicted molar refractivity (Wildman–Crippen MR) is 58.3 cm³/mol. The van der Waals surface area contributed by atoms with Crippen LogP contribution >= 0.6 is 15.9 Å². The zero-order valence-corrected chi connectivity index (χ0v) is 9.82. The second-order valence-electron chi connectivity index (χ2n) is 2.91. The van der Waals surface area contributed by atoms with Crippen molar-refractivity contribution in [3.63, 3.8) is 0 Å². The summed E-state index contributed by atoms with van der Waals surface area (Å²) in [5.74, 6) is 0.287. The quantitative estimate of drug-likeness (QED) is 0.899. The SMILES string of the molecule is CNCCc1ccc(F)c(Br)c1OC. The van der Waals surface area contributed by atoms with Gasteiger partial charge >= 0.3 is 0 Å². The summed E-state index contributed by atoms with van der Waals surface area (Å²) in [5, 5.41) is 3.04. The molecule has 0 atom stereocenters. The highest BCUT2D eigenvalue weighted by molar-refractivity contribution is 9.10. The first-order valence-electron chi connectivity index (χ1n) is 4.36. The topological polar surface area (TPSA) is 21.3 Å². The molecule has 1 N–H and O–H groups in total. The van der Waals surface area contributed by atoms with Crippen molar-refractivity contribution < 1.29 is 9.13 Å². The molecular formula is C10H13BrFNO. The lowest BCUT2D eigenvalue weighted by Crippen LogP contribution is -2.11.